The molecule has 0 aromatic heterocycles. The smallest absolute Gasteiger partial charge is 0.121 e. The minimum absolute atomic E-state index is 0.465. The normalized spacial score (nSPS) is 31.6. The van der Waals surface area contributed by atoms with Gasteiger partial charge in [-0.3, -0.25) is 0 Å². The second-order valence-electron chi connectivity index (χ2n) is 5.72. The summed E-state index contributed by atoms with van der Waals surface area (Å²) < 4.78 is 0. The van der Waals surface area contributed by atoms with E-state index in [1.807, 2.05) is 33.0 Å². The molecule has 2 unspecified atom stereocenters. The first-order chi connectivity index (χ1) is 8.60. The first-order valence-electron chi connectivity index (χ1n) is 6.88. The van der Waals surface area contributed by atoms with Crippen LogP contribution in [0.15, 0.2) is 29.5 Å². The van der Waals surface area contributed by atoms with Gasteiger partial charge >= 0.3 is 0 Å². The zero-order valence-electron chi connectivity index (χ0n) is 11.9. The molecule has 2 aliphatic rings. The highest BCUT2D eigenvalue weighted by molar-refractivity contribution is 5.93. The van der Waals surface area contributed by atoms with Crippen LogP contribution in [0.3, 0.4) is 0 Å². The zero-order chi connectivity index (χ0) is 13.2. The van der Waals surface area contributed by atoms with Crippen molar-refractivity contribution in [3.8, 4) is 0 Å². The minimum atomic E-state index is 0.465. The Bertz CT molecular complexity index is 383. The molecule has 2 bridgehead atoms. The van der Waals surface area contributed by atoms with Gasteiger partial charge in [0, 0.05) is 30.3 Å². The van der Waals surface area contributed by atoms with Crippen molar-refractivity contribution < 1.29 is 0 Å². The Morgan fingerprint density at radius 3 is 3.06 bits per heavy atom. The van der Waals surface area contributed by atoms with Gasteiger partial charge in [0.15, 0.2) is 0 Å². The fourth-order valence-electron chi connectivity index (χ4n) is 3.52. The summed E-state index contributed by atoms with van der Waals surface area (Å²) >= 11 is 0. The van der Waals surface area contributed by atoms with Gasteiger partial charge in [0.1, 0.15) is 5.82 Å². The highest BCUT2D eigenvalue weighted by Gasteiger charge is 2.49. The maximum absolute atomic E-state index is 4.60. The molecule has 0 spiro atoms. The van der Waals surface area contributed by atoms with E-state index in [2.05, 4.69) is 21.8 Å². The van der Waals surface area contributed by atoms with Crippen LogP contribution in [0.1, 0.15) is 33.1 Å². The van der Waals surface area contributed by atoms with Gasteiger partial charge in [-0.2, -0.15) is 0 Å². The predicted octanol–water partition coefficient (Wildman–Crippen LogP) is 2.57. The van der Waals surface area contributed by atoms with Crippen molar-refractivity contribution in [1.82, 2.24) is 10.2 Å². The van der Waals surface area contributed by atoms with Gasteiger partial charge in [-0.1, -0.05) is 12.7 Å². The molecule has 0 aromatic carbocycles. The van der Waals surface area contributed by atoms with Crippen LogP contribution in [-0.2, 0) is 0 Å². The summed E-state index contributed by atoms with van der Waals surface area (Å²) in [4.78, 5) is 7.01. The number of hydrogen-bond acceptors (Lipinski definition) is 3. The lowest BCUT2D eigenvalue weighted by molar-refractivity contribution is 0.208. The molecule has 1 N–H and O–H groups in total. The average Bonchev–Trinajstić information content (AvgIpc) is 2.87. The minimum Gasteiger partial charge on any atom is -0.353 e. The third-order valence-electron chi connectivity index (χ3n) is 4.22. The summed E-state index contributed by atoms with van der Waals surface area (Å²) in [5.41, 5.74) is 1.50. The van der Waals surface area contributed by atoms with Crippen molar-refractivity contribution in [3.63, 3.8) is 0 Å². The van der Waals surface area contributed by atoms with Crippen molar-refractivity contribution in [2.75, 3.05) is 20.1 Å². The van der Waals surface area contributed by atoms with Crippen LogP contribution in [-0.4, -0.2) is 36.8 Å². The molecule has 100 valence electrons. The molecule has 1 saturated carbocycles. The van der Waals surface area contributed by atoms with Gasteiger partial charge < -0.3 is 10.2 Å². The molecule has 2 rings (SSSR count). The standard InChI is InChI=1S/C15H25N3/c1-5-6-12(2)17-13(3)18-11-15(10-16-4)8-7-14(18)9-15/h5-6,14,16H,3,7-11H2,1-2,4H3/b6-5-,17-12-. The van der Waals surface area contributed by atoms with Crippen molar-refractivity contribution in [3.05, 3.63) is 24.6 Å². The van der Waals surface area contributed by atoms with Crippen molar-refractivity contribution >= 4 is 5.71 Å². The van der Waals surface area contributed by atoms with Crippen molar-refractivity contribution in [2.45, 2.75) is 39.2 Å². The van der Waals surface area contributed by atoms with Crippen LogP contribution in [0.25, 0.3) is 0 Å². The monoisotopic (exact) mass is 247 g/mol. The number of piperidine rings is 1. The van der Waals surface area contributed by atoms with Gasteiger partial charge in [-0.15, -0.1) is 0 Å². The number of rotatable bonds is 5. The number of hydrogen-bond donors (Lipinski definition) is 1. The topological polar surface area (TPSA) is 27.6 Å². The Morgan fingerprint density at radius 2 is 2.39 bits per heavy atom. The van der Waals surface area contributed by atoms with Crippen LogP contribution in [0, 0.1) is 5.41 Å². The van der Waals surface area contributed by atoms with E-state index in [0.29, 0.717) is 11.5 Å². The van der Waals surface area contributed by atoms with Gasteiger partial charge in [0.05, 0.1) is 0 Å². The summed E-state index contributed by atoms with van der Waals surface area (Å²) in [5, 5.41) is 3.35. The number of aliphatic imine (C=N–C) groups is 1. The van der Waals surface area contributed by atoms with Gasteiger partial charge in [0.25, 0.3) is 0 Å². The third kappa shape index (κ3) is 2.51. The number of nitrogens with one attached hydrogen (secondary N) is 1. The zero-order valence-corrected chi connectivity index (χ0v) is 11.9. The average molecular weight is 247 g/mol. The lowest BCUT2D eigenvalue weighted by Crippen LogP contribution is -2.38. The highest BCUT2D eigenvalue weighted by atomic mass is 15.3. The molecule has 1 heterocycles. The van der Waals surface area contributed by atoms with E-state index in [0.717, 1.165) is 24.6 Å². The number of likely N-dealkylation sites (tertiary alicyclic amines) is 1. The molecule has 3 heteroatoms. The number of fused-ring (bicyclic) bond motifs is 2. The van der Waals surface area contributed by atoms with E-state index < -0.39 is 0 Å². The Labute approximate surface area is 111 Å². The summed E-state index contributed by atoms with van der Waals surface area (Å²) in [6.45, 7) is 10.4. The van der Waals surface area contributed by atoms with E-state index in [4.69, 9.17) is 0 Å². The Hall–Kier alpha value is -1.09. The second kappa shape index (κ2) is 5.27. The van der Waals surface area contributed by atoms with Crippen molar-refractivity contribution in [1.29, 1.82) is 0 Å². The SMILES string of the molecule is C=C(/N=C(C)\C=C/C)N1CC2(CNC)CCC1C2. The van der Waals surface area contributed by atoms with E-state index in [1.165, 1.54) is 19.3 Å². The molecular weight excluding hydrogens is 222 g/mol. The first-order valence-corrected chi connectivity index (χ1v) is 6.88. The van der Waals surface area contributed by atoms with Crippen LogP contribution in [0.4, 0.5) is 0 Å². The van der Waals surface area contributed by atoms with E-state index in [-0.39, 0.29) is 0 Å². The first kappa shape index (κ1) is 13.3. The van der Waals surface area contributed by atoms with Crippen LogP contribution in [0.2, 0.25) is 0 Å². The maximum Gasteiger partial charge on any atom is 0.121 e. The fraction of sp³-hybridized carbons (Fsp3) is 0.667. The van der Waals surface area contributed by atoms with Gasteiger partial charge in [0.2, 0.25) is 0 Å². The number of nitrogens with zero attached hydrogens (tertiary/aromatic N) is 2. The van der Waals surface area contributed by atoms with E-state index >= 15 is 0 Å². The Balaban J connectivity index is 2.04. The Kier molecular flexibility index (Phi) is 3.91. The lowest BCUT2D eigenvalue weighted by atomic mass is 9.87. The highest BCUT2D eigenvalue weighted by Crippen LogP contribution is 2.48. The molecule has 1 aliphatic carbocycles. The van der Waals surface area contributed by atoms with Crippen LogP contribution < -0.4 is 5.32 Å². The van der Waals surface area contributed by atoms with E-state index in [9.17, 15) is 0 Å². The van der Waals surface area contributed by atoms with Crippen LogP contribution in [0.5, 0.6) is 0 Å². The quantitative estimate of drug-likeness (QED) is 0.756. The summed E-state index contributed by atoms with van der Waals surface area (Å²) in [6, 6.07) is 0.660. The molecule has 18 heavy (non-hydrogen) atoms. The molecule has 3 nitrogen and oxygen atoms in total. The molecule has 2 fully saturated rings. The molecular formula is C15H25N3. The molecule has 0 radical (unpaired) electrons. The van der Waals surface area contributed by atoms with Crippen LogP contribution >= 0.6 is 0 Å². The van der Waals surface area contributed by atoms with Gasteiger partial charge in [-0.25, -0.2) is 4.99 Å². The molecule has 1 saturated heterocycles. The fourth-order valence-corrected chi connectivity index (χ4v) is 3.52. The van der Waals surface area contributed by atoms with Gasteiger partial charge in [-0.05, 0) is 46.2 Å². The van der Waals surface area contributed by atoms with E-state index in [1.54, 1.807) is 0 Å². The molecule has 2 atom stereocenters. The molecule has 0 amide bonds. The largest absolute Gasteiger partial charge is 0.353 e. The summed E-state index contributed by atoms with van der Waals surface area (Å²) in [5.74, 6) is 0.938. The lowest BCUT2D eigenvalue weighted by Gasteiger charge is -2.33. The summed E-state index contributed by atoms with van der Waals surface area (Å²) in [6.07, 6.45) is 7.98. The maximum atomic E-state index is 4.60. The second-order valence-corrected chi connectivity index (χ2v) is 5.72. The molecule has 0 aromatic rings. The number of allylic oxidation sites excluding steroid dienone is 2. The molecule has 1 aliphatic heterocycles. The van der Waals surface area contributed by atoms with Crippen molar-refractivity contribution in [2.24, 2.45) is 10.4 Å². The third-order valence-corrected chi connectivity index (χ3v) is 4.22. The summed E-state index contributed by atoms with van der Waals surface area (Å²) in [7, 11) is 2.05. The Morgan fingerprint density at radius 1 is 1.61 bits per heavy atom. The predicted molar refractivity (Wildman–Crippen MR) is 77.8 cm³/mol.